The molecular formula is C19H27N3O2. The first-order chi connectivity index (χ1) is 11.3. The smallest absolute Gasteiger partial charge is 0.317 e. The summed E-state index contributed by atoms with van der Waals surface area (Å²) in [6.07, 6.45) is 2.50. The van der Waals surface area contributed by atoms with Crippen LogP contribution in [0.1, 0.15) is 33.3 Å². The van der Waals surface area contributed by atoms with Gasteiger partial charge in [-0.25, -0.2) is 4.79 Å². The summed E-state index contributed by atoms with van der Waals surface area (Å²) in [5, 5.41) is 14.0. The molecule has 0 atom stereocenters. The molecule has 2 amide bonds. The summed E-state index contributed by atoms with van der Waals surface area (Å²) in [5.41, 5.74) is 1.18. The van der Waals surface area contributed by atoms with E-state index in [0.717, 1.165) is 16.5 Å². The van der Waals surface area contributed by atoms with Gasteiger partial charge in [-0.3, -0.25) is 4.98 Å². The Hall–Kier alpha value is -2.14. The molecule has 0 aliphatic carbocycles. The van der Waals surface area contributed by atoms with Gasteiger partial charge in [-0.15, -0.1) is 0 Å². The molecule has 5 heteroatoms. The molecule has 24 heavy (non-hydrogen) atoms. The maximum Gasteiger partial charge on any atom is 0.317 e. The minimum absolute atomic E-state index is 0.0237. The predicted molar refractivity (Wildman–Crippen MR) is 97.0 cm³/mol. The number of fused-ring (bicyclic) bond motifs is 1. The lowest BCUT2D eigenvalue weighted by atomic mass is 10.1. The molecule has 130 valence electrons. The molecule has 0 bridgehead atoms. The van der Waals surface area contributed by atoms with Crippen LogP contribution in [0.15, 0.2) is 36.5 Å². The van der Waals surface area contributed by atoms with Crippen molar-refractivity contribution in [1.29, 1.82) is 0 Å². The molecule has 1 heterocycles. The van der Waals surface area contributed by atoms with Gasteiger partial charge in [0.15, 0.2) is 0 Å². The van der Waals surface area contributed by atoms with Crippen LogP contribution in [0.5, 0.6) is 0 Å². The lowest BCUT2D eigenvalue weighted by Crippen LogP contribution is -2.50. The summed E-state index contributed by atoms with van der Waals surface area (Å²) in [6.45, 7) is 8.13. The van der Waals surface area contributed by atoms with Gasteiger partial charge in [-0.1, -0.05) is 24.3 Å². The minimum atomic E-state index is -0.916. The molecular weight excluding hydrogens is 302 g/mol. The van der Waals surface area contributed by atoms with Gasteiger partial charge in [0.25, 0.3) is 0 Å². The van der Waals surface area contributed by atoms with E-state index < -0.39 is 5.60 Å². The molecule has 0 fully saturated rings. The highest BCUT2D eigenvalue weighted by atomic mass is 16.3. The highest BCUT2D eigenvalue weighted by Crippen LogP contribution is 2.16. The van der Waals surface area contributed by atoms with Crippen LogP contribution in [0.4, 0.5) is 4.79 Å². The number of para-hydroxylation sites is 1. The molecule has 2 aromatic rings. The minimum Gasteiger partial charge on any atom is -0.389 e. The zero-order valence-corrected chi connectivity index (χ0v) is 14.9. The number of aliphatic hydroxyl groups is 1. The van der Waals surface area contributed by atoms with Gasteiger partial charge in [0.1, 0.15) is 0 Å². The van der Waals surface area contributed by atoms with Crippen molar-refractivity contribution in [3.8, 4) is 0 Å². The van der Waals surface area contributed by atoms with Crippen molar-refractivity contribution in [2.75, 3.05) is 13.1 Å². The number of rotatable bonds is 6. The molecule has 2 rings (SSSR count). The quantitative estimate of drug-likeness (QED) is 0.856. The highest BCUT2D eigenvalue weighted by molar-refractivity contribution is 5.81. The topological polar surface area (TPSA) is 65.5 Å². The van der Waals surface area contributed by atoms with Crippen LogP contribution in [0.2, 0.25) is 0 Å². The Labute approximate surface area is 143 Å². The zero-order chi connectivity index (χ0) is 17.7. The van der Waals surface area contributed by atoms with Crippen molar-refractivity contribution in [1.82, 2.24) is 15.2 Å². The Morgan fingerprint density at radius 3 is 2.67 bits per heavy atom. The second-order valence-corrected chi connectivity index (χ2v) is 7.01. The average Bonchev–Trinajstić information content (AvgIpc) is 2.51. The number of carbonyl (C=O) groups is 1. The molecule has 1 aromatic heterocycles. The third-order valence-corrected chi connectivity index (χ3v) is 3.83. The Bertz CT molecular complexity index is 687. The molecule has 0 aliphatic rings. The maximum atomic E-state index is 12.4. The number of carbonyl (C=O) groups excluding carboxylic acids is 1. The third kappa shape index (κ3) is 4.93. The number of hydrogen-bond donors (Lipinski definition) is 2. The van der Waals surface area contributed by atoms with E-state index in [1.165, 1.54) is 0 Å². The zero-order valence-electron chi connectivity index (χ0n) is 14.9. The van der Waals surface area contributed by atoms with Gasteiger partial charge in [0.05, 0.1) is 17.7 Å². The SMILES string of the molecule is CC(C)N(CC(C)(C)O)C(=O)NCCc1cccc2cccnc12. The van der Waals surface area contributed by atoms with E-state index in [2.05, 4.69) is 10.3 Å². The summed E-state index contributed by atoms with van der Waals surface area (Å²) in [6, 6.07) is 9.91. The fourth-order valence-electron chi connectivity index (χ4n) is 2.68. The maximum absolute atomic E-state index is 12.4. The molecule has 0 aliphatic heterocycles. The van der Waals surface area contributed by atoms with Crippen molar-refractivity contribution >= 4 is 16.9 Å². The van der Waals surface area contributed by atoms with E-state index in [4.69, 9.17) is 0 Å². The molecule has 1 aromatic carbocycles. The number of benzene rings is 1. The lowest BCUT2D eigenvalue weighted by Gasteiger charge is -2.32. The van der Waals surface area contributed by atoms with Gasteiger partial charge in [-0.2, -0.15) is 0 Å². The summed E-state index contributed by atoms with van der Waals surface area (Å²) in [4.78, 5) is 18.5. The first-order valence-electron chi connectivity index (χ1n) is 8.37. The first kappa shape index (κ1) is 18.2. The van der Waals surface area contributed by atoms with Crippen molar-refractivity contribution in [2.24, 2.45) is 0 Å². The first-order valence-corrected chi connectivity index (χ1v) is 8.37. The highest BCUT2D eigenvalue weighted by Gasteiger charge is 2.24. The summed E-state index contributed by atoms with van der Waals surface area (Å²) in [5.74, 6) is 0. The van der Waals surface area contributed by atoms with Gasteiger partial charge < -0.3 is 15.3 Å². The Morgan fingerprint density at radius 1 is 1.29 bits per heavy atom. The van der Waals surface area contributed by atoms with Crippen LogP contribution < -0.4 is 5.32 Å². The standard InChI is InChI=1S/C19H27N3O2/c1-14(2)22(13-19(3,4)24)18(23)21-12-10-16-8-5-7-15-9-6-11-20-17(15)16/h5-9,11,14,24H,10,12-13H2,1-4H3,(H,21,23). The number of urea groups is 1. The number of nitrogens with one attached hydrogen (secondary N) is 1. The number of amides is 2. The summed E-state index contributed by atoms with van der Waals surface area (Å²) in [7, 11) is 0. The van der Waals surface area contributed by atoms with Crippen molar-refractivity contribution in [3.05, 3.63) is 42.1 Å². The van der Waals surface area contributed by atoms with Crippen molar-refractivity contribution in [2.45, 2.75) is 45.8 Å². The molecule has 0 saturated heterocycles. The van der Waals surface area contributed by atoms with Crippen LogP contribution in [-0.2, 0) is 6.42 Å². The van der Waals surface area contributed by atoms with Crippen molar-refractivity contribution < 1.29 is 9.90 Å². The number of nitrogens with zero attached hydrogens (tertiary/aromatic N) is 2. The number of pyridine rings is 1. The third-order valence-electron chi connectivity index (χ3n) is 3.83. The van der Waals surface area contributed by atoms with Crippen LogP contribution in [0, 0.1) is 0 Å². The van der Waals surface area contributed by atoms with Crippen LogP contribution in [-0.4, -0.2) is 45.8 Å². The van der Waals surface area contributed by atoms with E-state index in [1.54, 1.807) is 24.9 Å². The Morgan fingerprint density at radius 2 is 2.00 bits per heavy atom. The van der Waals surface area contributed by atoms with Crippen LogP contribution in [0.25, 0.3) is 10.9 Å². The average molecular weight is 329 g/mol. The van der Waals surface area contributed by atoms with Gasteiger partial charge >= 0.3 is 6.03 Å². The van der Waals surface area contributed by atoms with E-state index in [0.29, 0.717) is 19.5 Å². The fourth-order valence-corrected chi connectivity index (χ4v) is 2.68. The normalized spacial score (nSPS) is 11.8. The molecule has 0 unspecified atom stereocenters. The van der Waals surface area contributed by atoms with E-state index in [1.807, 2.05) is 44.2 Å². The largest absolute Gasteiger partial charge is 0.389 e. The van der Waals surface area contributed by atoms with E-state index in [-0.39, 0.29) is 12.1 Å². The van der Waals surface area contributed by atoms with Gasteiger partial charge in [-0.05, 0) is 45.7 Å². The predicted octanol–water partition coefficient (Wildman–Crippen LogP) is 2.97. The Kier molecular flexibility index (Phi) is 5.78. The molecule has 5 nitrogen and oxygen atoms in total. The monoisotopic (exact) mass is 329 g/mol. The second-order valence-electron chi connectivity index (χ2n) is 7.01. The molecule has 2 N–H and O–H groups in total. The van der Waals surface area contributed by atoms with E-state index in [9.17, 15) is 9.90 Å². The fraction of sp³-hybridized carbons (Fsp3) is 0.474. The Balaban J connectivity index is 1.98. The molecule has 0 spiro atoms. The molecule has 0 saturated carbocycles. The number of aromatic nitrogens is 1. The van der Waals surface area contributed by atoms with Crippen LogP contribution in [0.3, 0.4) is 0 Å². The van der Waals surface area contributed by atoms with Crippen molar-refractivity contribution in [3.63, 3.8) is 0 Å². The van der Waals surface area contributed by atoms with Gasteiger partial charge in [0, 0.05) is 24.2 Å². The summed E-state index contributed by atoms with van der Waals surface area (Å²) < 4.78 is 0. The van der Waals surface area contributed by atoms with Crippen LogP contribution >= 0.6 is 0 Å². The number of hydrogen-bond acceptors (Lipinski definition) is 3. The lowest BCUT2D eigenvalue weighted by molar-refractivity contribution is 0.0388. The van der Waals surface area contributed by atoms with Gasteiger partial charge in [0.2, 0.25) is 0 Å². The second kappa shape index (κ2) is 7.62. The summed E-state index contributed by atoms with van der Waals surface area (Å²) >= 11 is 0. The van der Waals surface area contributed by atoms with E-state index >= 15 is 0 Å². The molecule has 0 radical (unpaired) electrons.